The Balaban J connectivity index is 2.33. The van der Waals surface area contributed by atoms with Crippen molar-refractivity contribution in [3.05, 3.63) is 24.4 Å². The van der Waals surface area contributed by atoms with Crippen molar-refractivity contribution in [3.63, 3.8) is 0 Å². The number of hydrogen-bond acceptors (Lipinski definition) is 2. The molecule has 0 fully saturated rings. The molecule has 0 amide bonds. The zero-order valence-corrected chi connectivity index (χ0v) is 8.77. The van der Waals surface area contributed by atoms with Crippen LogP contribution >= 0.6 is 0 Å². The predicted octanol–water partition coefficient (Wildman–Crippen LogP) is 2.17. The van der Waals surface area contributed by atoms with Gasteiger partial charge in [-0.25, -0.2) is 4.68 Å². The molecule has 0 saturated heterocycles. The molecule has 0 aliphatic heterocycles. The second kappa shape index (κ2) is 3.15. The van der Waals surface area contributed by atoms with Crippen molar-refractivity contribution in [2.75, 3.05) is 5.73 Å². The number of nitrogen functional groups attached to an aromatic ring is 1. The van der Waals surface area contributed by atoms with Gasteiger partial charge in [0.05, 0.1) is 11.7 Å². The molecule has 0 saturated carbocycles. The highest BCUT2D eigenvalue weighted by molar-refractivity contribution is 5.28. The summed E-state index contributed by atoms with van der Waals surface area (Å²) in [4.78, 5) is 0. The fourth-order valence-electron chi connectivity index (χ4n) is 2.34. The van der Waals surface area contributed by atoms with Gasteiger partial charge in [0.2, 0.25) is 0 Å². The summed E-state index contributed by atoms with van der Waals surface area (Å²) in [7, 11) is 0. The van der Waals surface area contributed by atoms with Crippen molar-refractivity contribution < 1.29 is 0 Å². The van der Waals surface area contributed by atoms with Crippen LogP contribution in [-0.2, 0) is 5.54 Å². The van der Waals surface area contributed by atoms with Crippen LogP contribution in [0.5, 0.6) is 0 Å². The van der Waals surface area contributed by atoms with Crippen LogP contribution in [0.1, 0.15) is 26.7 Å². The molecule has 1 aliphatic rings. The number of nitrogens with two attached hydrogens (primary N) is 1. The molecule has 14 heavy (non-hydrogen) atoms. The molecule has 1 heterocycles. The van der Waals surface area contributed by atoms with E-state index in [1.165, 1.54) is 0 Å². The Morgan fingerprint density at radius 2 is 2.43 bits per heavy atom. The van der Waals surface area contributed by atoms with E-state index in [-0.39, 0.29) is 5.54 Å². The van der Waals surface area contributed by atoms with Crippen LogP contribution in [0, 0.1) is 5.92 Å². The third-order valence-corrected chi connectivity index (χ3v) is 2.97. The monoisotopic (exact) mass is 191 g/mol. The van der Waals surface area contributed by atoms with Crippen LogP contribution in [0.2, 0.25) is 0 Å². The Morgan fingerprint density at radius 1 is 1.64 bits per heavy atom. The van der Waals surface area contributed by atoms with Crippen LogP contribution in [-0.4, -0.2) is 9.78 Å². The summed E-state index contributed by atoms with van der Waals surface area (Å²) in [6.07, 6.45) is 8.39. The molecule has 1 aliphatic carbocycles. The maximum absolute atomic E-state index is 5.88. The lowest BCUT2D eigenvalue weighted by atomic mass is 9.82. The van der Waals surface area contributed by atoms with Gasteiger partial charge in [0.25, 0.3) is 0 Å². The van der Waals surface area contributed by atoms with E-state index in [4.69, 9.17) is 5.73 Å². The third kappa shape index (κ3) is 1.43. The zero-order valence-electron chi connectivity index (χ0n) is 8.77. The van der Waals surface area contributed by atoms with E-state index in [9.17, 15) is 0 Å². The highest BCUT2D eigenvalue weighted by atomic mass is 15.3. The van der Waals surface area contributed by atoms with E-state index in [0.717, 1.165) is 18.7 Å². The smallest absolute Gasteiger partial charge is 0.122 e. The summed E-state index contributed by atoms with van der Waals surface area (Å²) in [5.74, 6) is 1.37. The highest BCUT2D eigenvalue weighted by Gasteiger charge is 2.31. The predicted molar refractivity (Wildman–Crippen MR) is 57.8 cm³/mol. The zero-order chi connectivity index (χ0) is 10.2. The molecule has 0 spiro atoms. The van der Waals surface area contributed by atoms with Gasteiger partial charge >= 0.3 is 0 Å². The van der Waals surface area contributed by atoms with Crippen molar-refractivity contribution in [1.82, 2.24) is 9.78 Å². The van der Waals surface area contributed by atoms with Crippen LogP contribution in [0.4, 0.5) is 5.82 Å². The number of rotatable bonds is 1. The summed E-state index contributed by atoms with van der Waals surface area (Å²) in [5.41, 5.74) is 5.94. The molecule has 1 aromatic rings. The molecule has 2 N–H and O–H groups in total. The standard InChI is InChI=1S/C11H17N3/c1-9-4-3-6-11(2,8-9)14-10(12)5-7-13-14/h3-5,7,9H,6,8,12H2,1-2H3/t9-,11-/m0/s1. The molecular weight excluding hydrogens is 174 g/mol. The Labute approximate surface area is 84.6 Å². The van der Waals surface area contributed by atoms with Gasteiger partial charge in [-0.15, -0.1) is 0 Å². The Bertz CT molecular complexity index is 353. The van der Waals surface area contributed by atoms with Crippen LogP contribution in [0.15, 0.2) is 24.4 Å². The van der Waals surface area contributed by atoms with E-state index in [2.05, 4.69) is 31.1 Å². The van der Waals surface area contributed by atoms with Gasteiger partial charge in [0.15, 0.2) is 0 Å². The molecule has 0 unspecified atom stereocenters. The Morgan fingerprint density at radius 3 is 3.00 bits per heavy atom. The molecule has 0 radical (unpaired) electrons. The second-order valence-electron chi connectivity index (χ2n) is 4.48. The molecule has 0 aromatic carbocycles. The summed E-state index contributed by atoms with van der Waals surface area (Å²) in [5, 5.41) is 4.30. The van der Waals surface area contributed by atoms with Crippen molar-refractivity contribution in [3.8, 4) is 0 Å². The SMILES string of the molecule is C[C@H]1C=CC[C@](C)(n2nccc2N)C1. The van der Waals surface area contributed by atoms with Crippen LogP contribution in [0.3, 0.4) is 0 Å². The van der Waals surface area contributed by atoms with E-state index in [1.807, 2.05) is 10.7 Å². The summed E-state index contributed by atoms with van der Waals surface area (Å²) in [6.45, 7) is 4.45. The van der Waals surface area contributed by atoms with Crippen LogP contribution in [0.25, 0.3) is 0 Å². The quantitative estimate of drug-likeness (QED) is 0.691. The lowest BCUT2D eigenvalue weighted by molar-refractivity contribution is 0.236. The Kier molecular flexibility index (Phi) is 2.10. The molecule has 2 atom stereocenters. The normalized spacial score (nSPS) is 32.0. The third-order valence-electron chi connectivity index (χ3n) is 2.97. The molecule has 3 heteroatoms. The number of anilines is 1. The number of allylic oxidation sites excluding steroid dienone is 2. The number of aromatic nitrogens is 2. The van der Waals surface area contributed by atoms with Crippen molar-refractivity contribution in [1.29, 1.82) is 0 Å². The number of nitrogens with zero attached hydrogens (tertiary/aromatic N) is 2. The fraction of sp³-hybridized carbons (Fsp3) is 0.545. The minimum Gasteiger partial charge on any atom is -0.384 e. The van der Waals surface area contributed by atoms with E-state index >= 15 is 0 Å². The number of hydrogen-bond donors (Lipinski definition) is 1. The summed E-state index contributed by atoms with van der Waals surface area (Å²) >= 11 is 0. The van der Waals surface area contributed by atoms with Gasteiger partial charge in [-0.05, 0) is 31.7 Å². The van der Waals surface area contributed by atoms with E-state index < -0.39 is 0 Å². The van der Waals surface area contributed by atoms with Crippen molar-refractivity contribution >= 4 is 5.82 Å². The molecule has 1 aromatic heterocycles. The minimum atomic E-state index is 0.0573. The summed E-state index contributed by atoms with van der Waals surface area (Å²) in [6, 6.07) is 1.86. The molecule has 0 bridgehead atoms. The van der Waals surface area contributed by atoms with Gasteiger partial charge < -0.3 is 5.73 Å². The van der Waals surface area contributed by atoms with Gasteiger partial charge in [-0.1, -0.05) is 19.1 Å². The average Bonchev–Trinajstić information content (AvgIpc) is 2.51. The van der Waals surface area contributed by atoms with Crippen LogP contribution < -0.4 is 5.73 Å². The Hall–Kier alpha value is -1.25. The maximum atomic E-state index is 5.88. The van der Waals surface area contributed by atoms with Crippen molar-refractivity contribution in [2.24, 2.45) is 5.92 Å². The first-order valence-corrected chi connectivity index (χ1v) is 5.08. The average molecular weight is 191 g/mol. The first kappa shape index (κ1) is 9.31. The lowest BCUT2D eigenvalue weighted by Gasteiger charge is -2.34. The lowest BCUT2D eigenvalue weighted by Crippen LogP contribution is -2.35. The van der Waals surface area contributed by atoms with E-state index in [1.54, 1.807) is 6.20 Å². The molecule has 2 rings (SSSR count). The fourth-order valence-corrected chi connectivity index (χ4v) is 2.34. The van der Waals surface area contributed by atoms with Gasteiger partial charge in [0, 0.05) is 0 Å². The molecular formula is C11H17N3. The highest BCUT2D eigenvalue weighted by Crippen LogP contribution is 2.34. The van der Waals surface area contributed by atoms with Gasteiger partial charge in [0.1, 0.15) is 5.82 Å². The van der Waals surface area contributed by atoms with Gasteiger partial charge in [-0.3, -0.25) is 0 Å². The molecule has 3 nitrogen and oxygen atoms in total. The van der Waals surface area contributed by atoms with Gasteiger partial charge in [-0.2, -0.15) is 5.10 Å². The second-order valence-corrected chi connectivity index (χ2v) is 4.48. The van der Waals surface area contributed by atoms with E-state index in [0.29, 0.717) is 5.92 Å². The topological polar surface area (TPSA) is 43.8 Å². The largest absolute Gasteiger partial charge is 0.384 e. The maximum Gasteiger partial charge on any atom is 0.122 e. The first-order chi connectivity index (χ1) is 6.62. The first-order valence-electron chi connectivity index (χ1n) is 5.08. The minimum absolute atomic E-state index is 0.0573. The molecule has 76 valence electrons. The van der Waals surface area contributed by atoms with Crippen molar-refractivity contribution in [2.45, 2.75) is 32.2 Å². The summed E-state index contributed by atoms with van der Waals surface area (Å²) < 4.78 is 1.95.